The third kappa shape index (κ3) is 4.79. The second-order valence-electron chi connectivity index (χ2n) is 7.40. The third-order valence-electron chi connectivity index (χ3n) is 5.29. The van der Waals surface area contributed by atoms with E-state index >= 15 is 0 Å². The van der Waals surface area contributed by atoms with Gasteiger partial charge in [-0.15, -0.1) is 13.2 Å². The summed E-state index contributed by atoms with van der Waals surface area (Å²) >= 11 is 1.16. The van der Waals surface area contributed by atoms with Crippen molar-refractivity contribution in [3.8, 4) is 5.75 Å². The molecule has 2 aromatic carbocycles. The Morgan fingerprint density at radius 3 is 2.50 bits per heavy atom. The molecule has 1 N–H and O–H groups in total. The first-order valence-corrected chi connectivity index (χ1v) is 10.6. The van der Waals surface area contributed by atoms with E-state index in [4.69, 9.17) is 5.41 Å². The lowest BCUT2D eigenvalue weighted by atomic mass is 10.2. The molecule has 0 radical (unpaired) electrons. The lowest BCUT2D eigenvalue weighted by Gasteiger charge is -2.36. The molecule has 0 aliphatic carbocycles. The van der Waals surface area contributed by atoms with Gasteiger partial charge in [0.15, 0.2) is 4.80 Å². The second-order valence-corrected chi connectivity index (χ2v) is 8.43. The SMILES string of the molecule is Cc1cccc(N2CCN(CCn3c(=N)sc4cc(OC(F)(F)F)ccc43)CC2)c1. The van der Waals surface area contributed by atoms with Gasteiger partial charge in [0.2, 0.25) is 0 Å². The van der Waals surface area contributed by atoms with E-state index in [0.717, 1.165) is 49.6 Å². The molecule has 5 nitrogen and oxygen atoms in total. The molecular weight excluding hydrogens is 413 g/mol. The molecule has 2 heterocycles. The average molecular weight is 437 g/mol. The summed E-state index contributed by atoms with van der Waals surface area (Å²) in [6, 6.07) is 12.8. The van der Waals surface area contributed by atoms with Crippen molar-refractivity contribution >= 4 is 27.2 Å². The van der Waals surface area contributed by atoms with E-state index in [-0.39, 0.29) is 5.75 Å². The van der Waals surface area contributed by atoms with Gasteiger partial charge >= 0.3 is 6.36 Å². The van der Waals surface area contributed by atoms with Crippen molar-refractivity contribution in [1.29, 1.82) is 5.41 Å². The zero-order chi connectivity index (χ0) is 21.3. The van der Waals surface area contributed by atoms with Crippen LogP contribution in [0.1, 0.15) is 5.56 Å². The van der Waals surface area contributed by atoms with Gasteiger partial charge < -0.3 is 14.2 Å². The molecule has 4 rings (SSSR count). The van der Waals surface area contributed by atoms with Crippen molar-refractivity contribution in [3.63, 3.8) is 0 Å². The number of benzene rings is 2. The van der Waals surface area contributed by atoms with Gasteiger partial charge in [-0.1, -0.05) is 23.5 Å². The number of halogens is 3. The number of alkyl halides is 3. The van der Waals surface area contributed by atoms with Crippen LogP contribution in [-0.4, -0.2) is 48.6 Å². The Balaban J connectivity index is 1.38. The number of aryl methyl sites for hydroxylation is 1. The predicted octanol–water partition coefficient (Wildman–Crippen LogP) is 4.21. The highest BCUT2D eigenvalue weighted by molar-refractivity contribution is 7.16. The molecule has 0 atom stereocenters. The fourth-order valence-corrected chi connectivity index (χ4v) is 4.75. The summed E-state index contributed by atoms with van der Waals surface area (Å²) in [6.07, 6.45) is -4.72. The van der Waals surface area contributed by atoms with Crippen molar-refractivity contribution in [2.24, 2.45) is 0 Å². The summed E-state index contributed by atoms with van der Waals surface area (Å²) in [7, 11) is 0. The topological polar surface area (TPSA) is 44.5 Å². The van der Waals surface area contributed by atoms with Crippen LogP contribution in [0.15, 0.2) is 42.5 Å². The minimum Gasteiger partial charge on any atom is -0.406 e. The standard InChI is InChI=1S/C21H23F3N4OS/c1-15-3-2-4-16(13-15)27-10-7-26(8-11-27)9-12-28-18-6-5-17(29-21(22,23)24)14-19(18)30-20(28)25/h2-6,13-14,25H,7-12H2,1H3. The molecule has 1 aliphatic rings. The first-order valence-electron chi connectivity index (χ1n) is 9.76. The summed E-state index contributed by atoms with van der Waals surface area (Å²) in [5, 5.41) is 8.22. The van der Waals surface area contributed by atoms with E-state index in [1.54, 1.807) is 6.07 Å². The molecule has 0 amide bonds. The third-order valence-corrected chi connectivity index (χ3v) is 6.25. The van der Waals surface area contributed by atoms with Crippen LogP contribution >= 0.6 is 11.3 Å². The number of hydrogen-bond acceptors (Lipinski definition) is 5. The number of rotatable bonds is 5. The predicted molar refractivity (Wildman–Crippen MR) is 112 cm³/mol. The lowest BCUT2D eigenvalue weighted by Crippen LogP contribution is -2.47. The molecule has 0 unspecified atom stereocenters. The number of anilines is 1. The average Bonchev–Trinajstić information content (AvgIpc) is 3.00. The van der Waals surface area contributed by atoms with E-state index in [9.17, 15) is 13.2 Å². The van der Waals surface area contributed by atoms with Crippen molar-refractivity contribution < 1.29 is 17.9 Å². The molecular formula is C21H23F3N4OS. The Labute approximate surface area is 176 Å². The van der Waals surface area contributed by atoms with E-state index < -0.39 is 6.36 Å². The molecule has 1 aliphatic heterocycles. The van der Waals surface area contributed by atoms with Crippen LogP contribution in [0, 0.1) is 12.3 Å². The van der Waals surface area contributed by atoms with Crippen LogP contribution in [0.3, 0.4) is 0 Å². The number of ether oxygens (including phenoxy) is 1. The maximum Gasteiger partial charge on any atom is 0.573 e. The minimum atomic E-state index is -4.72. The zero-order valence-electron chi connectivity index (χ0n) is 16.6. The molecule has 0 bridgehead atoms. The molecule has 0 saturated carbocycles. The summed E-state index contributed by atoms with van der Waals surface area (Å²) in [6.45, 7) is 7.29. The molecule has 0 spiro atoms. The highest BCUT2D eigenvalue weighted by Crippen LogP contribution is 2.28. The highest BCUT2D eigenvalue weighted by atomic mass is 32.1. The molecule has 9 heteroatoms. The summed E-state index contributed by atoms with van der Waals surface area (Å²) in [4.78, 5) is 5.07. The number of aromatic nitrogens is 1. The Morgan fingerprint density at radius 2 is 1.80 bits per heavy atom. The van der Waals surface area contributed by atoms with Crippen LogP contribution < -0.4 is 14.4 Å². The van der Waals surface area contributed by atoms with E-state index in [1.807, 2.05) is 4.57 Å². The van der Waals surface area contributed by atoms with Gasteiger partial charge in [-0.25, -0.2) is 0 Å². The first-order chi connectivity index (χ1) is 14.3. The lowest BCUT2D eigenvalue weighted by molar-refractivity contribution is -0.274. The number of hydrogen-bond donors (Lipinski definition) is 1. The quantitative estimate of drug-likeness (QED) is 0.652. The molecule has 1 fully saturated rings. The summed E-state index contributed by atoms with van der Waals surface area (Å²) in [5.41, 5.74) is 3.26. The van der Waals surface area contributed by atoms with Gasteiger partial charge in [0.1, 0.15) is 5.75 Å². The van der Waals surface area contributed by atoms with Gasteiger partial charge in [0, 0.05) is 45.0 Å². The number of nitrogens with one attached hydrogen (secondary N) is 1. The van der Waals surface area contributed by atoms with E-state index in [1.165, 1.54) is 23.4 Å². The van der Waals surface area contributed by atoms with Crippen LogP contribution in [0.4, 0.5) is 18.9 Å². The molecule has 1 saturated heterocycles. The minimum absolute atomic E-state index is 0.254. The van der Waals surface area contributed by atoms with Crippen molar-refractivity contribution in [2.75, 3.05) is 37.6 Å². The van der Waals surface area contributed by atoms with Gasteiger partial charge in [0.25, 0.3) is 0 Å². The normalized spacial score (nSPS) is 15.7. The van der Waals surface area contributed by atoms with E-state index in [0.29, 0.717) is 16.0 Å². The zero-order valence-corrected chi connectivity index (χ0v) is 17.4. The second kappa shape index (κ2) is 8.31. The van der Waals surface area contributed by atoms with Crippen LogP contribution in [0.25, 0.3) is 10.2 Å². The Morgan fingerprint density at radius 1 is 1.03 bits per heavy atom. The highest BCUT2D eigenvalue weighted by Gasteiger charge is 2.31. The monoisotopic (exact) mass is 436 g/mol. The van der Waals surface area contributed by atoms with Crippen LogP contribution in [0.5, 0.6) is 5.75 Å². The molecule has 3 aromatic rings. The van der Waals surface area contributed by atoms with Gasteiger partial charge in [-0.3, -0.25) is 10.3 Å². The van der Waals surface area contributed by atoms with Crippen molar-refractivity contribution in [1.82, 2.24) is 9.47 Å². The first kappa shape index (κ1) is 20.7. The maximum absolute atomic E-state index is 12.4. The van der Waals surface area contributed by atoms with Crippen molar-refractivity contribution in [3.05, 3.63) is 52.8 Å². The van der Waals surface area contributed by atoms with Crippen LogP contribution in [-0.2, 0) is 6.54 Å². The Kier molecular flexibility index (Phi) is 5.75. The fraction of sp³-hybridized carbons (Fsp3) is 0.381. The van der Waals surface area contributed by atoms with E-state index in [2.05, 4.69) is 45.7 Å². The van der Waals surface area contributed by atoms with Crippen molar-refractivity contribution in [2.45, 2.75) is 19.8 Å². The Bertz CT molecular complexity index is 1080. The van der Waals surface area contributed by atoms with Crippen LogP contribution in [0.2, 0.25) is 0 Å². The van der Waals surface area contributed by atoms with Gasteiger partial charge in [-0.2, -0.15) is 0 Å². The number of fused-ring (bicyclic) bond motifs is 1. The molecule has 1 aromatic heterocycles. The van der Waals surface area contributed by atoms with Gasteiger partial charge in [0.05, 0.1) is 10.2 Å². The largest absolute Gasteiger partial charge is 0.573 e. The number of thiazole rings is 1. The smallest absolute Gasteiger partial charge is 0.406 e. The summed E-state index contributed by atoms with van der Waals surface area (Å²) in [5.74, 6) is -0.254. The molecule has 160 valence electrons. The maximum atomic E-state index is 12.4. The fourth-order valence-electron chi connectivity index (χ4n) is 3.78. The number of piperazine rings is 1. The number of nitrogens with zero attached hydrogens (tertiary/aromatic N) is 3. The van der Waals surface area contributed by atoms with Gasteiger partial charge in [-0.05, 0) is 42.8 Å². The molecule has 30 heavy (non-hydrogen) atoms. The Hall–Kier alpha value is -2.52. The summed E-state index contributed by atoms with van der Waals surface area (Å²) < 4.78 is 43.8.